The van der Waals surface area contributed by atoms with Gasteiger partial charge < -0.3 is 5.11 Å². The first-order chi connectivity index (χ1) is 9.58. The van der Waals surface area contributed by atoms with E-state index in [1.54, 1.807) is 29.5 Å². The van der Waals surface area contributed by atoms with E-state index in [0.29, 0.717) is 5.39 Å². The van der Waals surface area contributed by atoms with Gasteiger partial charge in [-0.15, -0.1) is 11.3 Å². The number of halogens is 2. The van der Waals surface area contributed by atoms with Gasteiger partial charge in [0.1, 0.15) is 11.9 Å². The zero-order valence-corrected chi connectivity index (χ0v) is 13.1. The summed E-state index contributed by atoms with van der Waals surface area (Å²) >= 11 is 5.02. The molecule has 4 heteroatoms. The lowest BCUT2D eigenvalue weighted by molar-refractivity contribution is 0.221. The van der Waals surface area contributed by atoms with E-state index in [-0.39, 0.29) is 5.82 Å². The minimum absolute atomic E-state index is 0.264. The fourth-order valence-electron chi connectivity index (χ4n) is 2.42. The Kier molecular flexibility index (Phi) is 3.63. The molecule has 0 fully saturated rings. The maximum absolute atomic E-state index is 13.8. The molecule has 0 saturated carbocycles. The Hall–Kier alpha value is -1.23. The van der Waals surface area contributed by atoms with Crippen LogP contribution in [-0.2, 0) is 0 Å². The molecule has 1 aromatic heterocycles. The van der Waals surface area contributed by atoms with Crippen molar-refractivity contribution in [3.63, 3.8) is 0 Å². The topological polar surface area (TPSA) is 20.2 Å². The number of rotatable bonds is 2. The molecule has 1 atom stereocenters. The van der Waals surface area contributed by atoms with Crippen LogP contribution in [0.2, 0.25) is 0 Å². The first kappa shape index (κ1) is 13.7. The summed E-state index contributed by atoms with van der Waals surface area (Å²) in [5, 5.41) is 11.9. The van der Waals surface area contributed by atoms with E-state index in [1.807, 2.05) is 25.1 Å². The average Bonchev–Trinajstić information content (AvgIpc) is 2.78. The zero-order chi connectivity index (χ0) is 14.3. The van der Waals surface area contributed by atoms with Crippen LogP contribution >= 0.6 is 27.3 Å². The largest absolute Gasteiger partial charge is 0.384 e. The van der Waals surface area contributed by atoms with Crippen LogP contribution in [0, 0.1) is 12.7 Å². The molecule has 0 saturated heterocycles. The first-order valence-corrected chi connectivity index (χ1v) is 7.80. The molecule has 0 aliphatic heterocycles. The van der Waals surface area contributed by atoms with Crippen molar-refractivity contribution in [3.05, 3.63) is 68.1 Å². The Morgan fingerprint density at radius 1 is 1.10 bits per heavy atom. The zero-order valence-electron chi connectivity index (χ0n) is 10.7. The number of thiophene rings is 1. The first-order valence-electron chi connectivity index (χ1n) is 6.19. The molecule has 0 bridgehead atoms. The molecule has 1 nitrogen and oxygen atoms in total. The SMILES string of the molecule is Cc1sc(Br)cc1C(O)c1ccc(F)c2ccccc12. The number of hydrogen-bond acceptors (Lipinski definition) is 2. The van der Waals surface area contributed by atoms with Gasteiger partial charge in [-0.2, -0.15) is 0 Å². The lowest BCUT2D eigenvalue weighted by atomic mass is 9.96. The normalized spacial score (nSPS) is 12.8. The molecule has 1 N–H and O–H groups in total. The molecule has 20 heavy (non-hydrogen) atoms. The van der Waals surface area contributed by atoms with Crippen LogP contribution in [0.4, 0.5) is 4.39 Å². The lowest BCUT2D eigenvalue weighted by Crippen LogP contribution is -2.01. The predicted octanol–water partition coefficient (Wildman–Crippen LogP) is 5.19. The highest BCUT2D eigenvalue weighted by Gasteiger charge is 2.18. The summed E-state index contributed by atoms with van der Waals surface area (Å²) in [7, 11) is 0. The molecule has 2 aromatic carbocycles. The second kappa shape index (κ2) is 5.28. The van der Waals surface area contributed by atoms with Gasteiger partial charge in [-0.3, -0.25) is 0 Å². The highest BCUT2D eigenvalue weighted by atomic mass is 79.9. The molecule has 0 aliphatic carbocycles. The minimum atomic E-state index is -0.747. The maximum Gasteiger partial charge on any atom is 0.131 e. The summed E-state index contributed by atoms with van der Waals surface area (Å²) in [6.07, 6.45) is -0.747. The Bertz CT molecular complexity index is 781. The van der Waals surface area contributed by atoms with Gasteiger partial charge in [0, 0.05) is 10.3 Å². The highest BCUT2D eigenvalue weighted by Crippen LogP contribution is 2.36. The number of aliphatic hydroxyl groups excluding tert-OH is 1. The van der Waals surface area contributed by atoms with E-state index in [0.717, 1.165) is 25.2 Å². The molecule has 0 radical (unpaired) electrons. The van der Waals surface area contributed by atoms with E-state index in [1.165, 1.54) is 6.07 Å². The van der Waals surface area contributed by atoms with Crippen LogP contribution in [0.3, 0.4) is 0 Å². The van der Waals surface area contributed by atoms with Gasteiger partial charge in [0.05, 0.1) is 3.79 Å². The van der Waals surface area contributed by atoms with Crippen LogP contribution in [0.15, 0.2) is 46.3 Å². The summed E-state index contributed by atoms with van der Waals surface area (Å²) in [6, 6.07) is 12.2. The summed E-state index contributed by atoms with van der Waals surface area (Å²) in [5.41, 5.74) is 1.59. The Labute approximate surface area is 128 Å². The summed E-state index contributed by atoms with van der Waals surface area (Å²) in [4.78, 5) is 1.05. The van der Waals surface area contributed by atoms with Gasteiger partial charge >= 0.3 is 0 Å². The Morgan fingerprint density at radius 3 is 2.45 bits per heavy atom. The fraction of sp³-hybridized carbons (Fsp3) is 0.125. The summed E-state index contributed by atoms with van der Waals surface area (Å²) < 4.78 is 14.8. The van der Waals surface area contributed by atoms with Gasteiger partial charge in [-0.1, -0.05) is 30.3 Å². The van der Waals surface area contributed by atoms with Gasteiger partial charge in [0.15, 0.2) is 0 Å². The summed E-state index contributed by atoms with van der Waals surface area (Å²) in [5.74, 6) is -0.264. The van der Waals surface area contributed by atoms with E-state index in [4.69, 9.17) is 0 Å². The van der Waals surface area contributed by atoms with Crippen LogP contribution in [-0.4, -0.2) is 5.11 Å². The van der Waals surface area contributed by atoms with Crippen molar-refractivity contribution in [2.24, 2.45) is 0 Å². The highest BCUT2D eigenvalue weighted by molar-refractivity contribution is 9.11. The third kappa shape index (κ3) is 2.28. The Balaban J connectivity index is 2.20. The molecule has 102 valence electrons. The number of benzene rings is 2. The number of aryl methyl sites for hydroxylation is 1. The molecule has 1 unspecified atom stereocenters. The number of fused-ring (bicyclic) bond motifs is 1. The van der Waals surface area contributed by atoms with Crippen molar-refractivity contribution in [2.75, 3.05) is 0 Å². The number of aliphatic hydroxyl groups is 1. The van der Waals surface area contributed by atoms with E-state index in [9.17, 15) is 9.50 Å². The second-order valence-electron chi connectivity index (χ2n) is 4.65. The standard InChI is InChI=1S/C16H12BrFOS/c1-9-13(8-15(17)20-9)16(19)12-6-7-14(18)11-5-3-2-4-10(11)12/h2-8,16,19H,1H3. The fourth-order valence-corrected chi connectivity index (χ4v) is 4.16. The van der Waals surface area contributed by atoms with Crippen LogP contribution < -0.4 is 0 Å². The van der Waals surface area contributed by atoms with Gasteiger partial charge in [-0.05, 0) is 51.5 Å². The van der Waals surface area contributed by atoms with Crippen molar-refractivity contribution in [1.82, 2.24) is 0 Å². The van der Waals surface area contributed by atoms with E-state index >= 15 is 0 Å². The molecule has 1 heterocycles. The molecule has 0 amide bonds. The van der Waals surface area contributed by atoms with Crippen LogP contribution in [0.1, 0.15) is 22.1 Å². The van der Waals surface area contributed by atoms with E-state index in [2.05, 4.69) is 15.9 Å². The van der Waals surface area contributed by atoms with Gasteiger partial charge in [-0.25, -0.2) is 4.39 Å². The molecular formula is C16H12BrFOS. The smallest absolute Gasteiger partial charge is 0.131 e. The third-order valence-corrected chi connectivity index (χ3v) is 4.99. The predicted molar refractivity (Wildman–Crippen MR) is 84.7 cm³/mol. The minimum Gasteiger partial charge on any atom is -0.384 e. The van der Waals surface area contributed by atoms with E-state index < -0.39 is 6.10 Å². The van der Waals surface area contributed by atoms with Crippen molar-refractivity contribution in [2.45, 2.75) is 13.0 Å². The second-order valence-corrected chi connectivity index (χ2v) is 7.28. The molecule has 3 aromatic rings. The quantitative estimate of drug-likeness (QED) is 0.673. The van der Waals surface area contributed by atoms with Gasteiger partial charge in [0.2, 0.25) is 0 Å². The van der Waals surface area contributed by atoms with Gasteiger partial charge in [0.25, 0.3) is 0 Å². The lowest BCUT2D eigenvalue weighted by Gasteiger charge is -2.14. The number of hydrogen-bond donors (Lipinski definition) is 1. The average molecular weight is 351 g/mol. The van der Waals surface area contributed by atoms with Crippen LogP contribution in [0.25, 0.3) is 10.8 Å². The van der Waals surface area contributed by atoms with Crippen LogP contribution in [0.5, 0.6) is 0 Å². The van der Waals surface area contributed by atoms with Crippen molar-refractivity contribution in [3.8, 4) is 0 Å². The molecule has 3 rings (SSSR count). The Morgan fingerprint density at radius 2 is 1.80 bits per heavy atom. The summed E-state index contributed by atoms with van der Waals surface area (Å²) in [6.45, 7) is 1.97. The molecule has 0 spiro atoms. The third-order valence-electron chi connectivity index (χ3n) is 3.42. The van der Waals surface area contributed by atoms with Crippen molar-refractivity contribution >= 4 is 38.0 Å². The van der Waals surface area contributed by atoms with Crippen molar-refractivity contribution < 1.29 is 9.50 Å². The van der Waals surface area contributed by atoms with Crippen molar-refractivity contribution in [1.29, 1.82) is 0 Å². The maximum atomic E-state index is 13.8. The monoisotopic (exact) mass is 350 g/mol. The molecule has 0 aliphatic rings. The molecular weight excluding hydrogens is 339 g/mol.